The van der Waals surface area contributed by atoms with Crippen LogP contribution in [0.4, 0.5) is 0 Å². The van der Waals surface area contributed by atoms with Crippen LogP contribution in [0.2, 0.25) is 0 Å². The molecule has 0 aromatic carbocycles. The van der Waals surface area contributed by atoms with E-state index in [1.807, 2.05) is 18.2 Å². The average Bonchev–Trinajstić information content (AvgIpc) is 2.55. The fourth-order valence-electron chi connectivity index (χ4n) is 8.68. The molecule has 0 saturated heterocycles. The summed E-state index contributed by atoms with van der Waals surface area (Å²) in [6, 6.07) is 0. The fourth-order valence-corrected chi connectivity index (χ4v) is 10.3. The van der Waals surface area contributed by atoms with Crippen LogP contribution in [0.3, 0.4) is 0 Å². The Balaban J connectivity index is 5.41. The SMILES string of the molecule is CC/C=C\C/C=C\C/C=C\C/C=C\C/C=C\CC(=O)OCC(COP(=O)(O)OCC(O)COP(=O)(O)OCC(COC(=O)CCCC/C=C\C/C=C\C/C=C\C/C=C\CC)OC(=O)CCCCCCC/C=C\CCCC)OC(=O)CCCCCCCCCCCCC. The number of phosphoric ester groups is 2. The molecule has 0 aliphatic heterocycles. The van der Waals surface area contributed by atoms with Crippen LogP contribution >= 0.6 is 15.6 Å². The lowest BCUT2D eigenvalue weighted by Crippen LogP contribution is -2.30. The summed E-state index contributed by atoms with van der Waals surface area (Å²) in [4.78, 5) is 72.4. The molecule has 0 rings (SSSR count). The number of phosphoric acid groups is 2. The summed E-state index contributed by atoms with van der Waals surface area (Å²) in [5.41, 5.74) is 0. The first-order valence-corrected chi connectivity index (χ1v) is 37.8. The van der Waals surface area contributed by atoms with E-state index >= 15 is 0 Å². The Morgan fingerprint density at radius 1 is 0.326 bits per heavy atom. The molecule has 3 N–H and O–H groups in total. The maximum atomic E-state index is 13.0. The number of esters is 4. The monoisotopic (exact) mass is 1330 g/mol. The lowest BCUT2D eigenvalue weighted by Gasteiger charge is -2.21. The van der Waals surface area contributed by atoms with Crippen LogP contribution in [0.5, 0.6) is 0 Å². The second kappa shape index (κ2) is 65.1. The first kappa shape index (κ1) is 87.5. The van der Waals surface area contributed by atoms with Gasteiger partial charge in [-0.25, -0.2) is 9.13 Å². The van der Waals surface area contributed by atoms with Crippen LogP contribution in [0.25, 0.3) is 0 Å². The van der Waals surface area contributed by atoms with Crippen molar-refractivity contribution in [1.82, 2.24) is 0 Å². The van der Waals surface area contributed by atoms with Crippen molar-refractivity contribution in [3.63, 3.8) is 0 Å². The van der Waals surface area contributed by atoms with Crippen molar-refractivity contribution in [2.75, 3.05) is 39.6 Å². The largest absolute Gasteiger partial charge is 0.472 e. The van der Waals surface area contributed by atoms with Gasteiger partial charge in [-0.1, -0.05) is 246 Å². The molecular formula is C73H122O17P2. The minimum atomic E-state index is -4.99. The number of rotatable bonds is 64. The molecule has 526 valence electrons. The molecule has 19 heteroatoms. The van der Waals surface area contributed by atoms with E-state index in [-0.39, 0.29) is 25.7 Å². The van der Waals surface area contributed by atoms with Crippen molar-refractivity contribution >= 4 is 39.5 Å². The number of ether oxygens (including phenoxy) is 4. The molecule has 0 amide bonds. The van der Waals surface area contributed by atoms with E-state index in [2.05, 4.69) is 125 Å². The predicted molar refractivity (Wildman–Crippen MR) is 371 cm³/mol. The first-order valence-electron chi connectivity index (χ1n) is 34.8. The molecule has 92 heavy (non-hydrogen) atoms. The molecule has 0 saturated carbocycles. The first-order chi connectivity index (χ1) is 44.7. The molecule has 0 bridgehead atoms. The van der Waals surface area contributed by atoms with Crippen molar-refractivity contribution in [1.29, 1.82) is 0 Å². The van der Waals surface area contributed by atoms with Gasteiger partial charge in [0.2, 0.25) is 0 Å². The van der Waals surface area contributed by atoms with Crippen LogP contribution in [0.15, 0.2) is 122 Å². The maximum absolute atomic E-state index is 13.0. The molecule has 0 heterocycles. The van der Waals surface area contributed by atoms with Gasteiger partial charge in [-0.15, -0.1) is 0 Å². The van der Waals surface area contributed by atoms with E-state index in [9.17, 15) is 43.2 Å². The van der Waals surface area contributed by atoms with Gasteiger partial charge in [0.1, 0.15) is 19.3 Å². The molecule has 0 aliphatic rings. The van der Waals surface area contributed by atoms with E-state index < -0.39 is 97.5 Å². The minimum absolute atomic E-state index is 0.0712. The summed E-state index contributed by atoms with van der Waals surface area (Å²) >= 11 is 0. The smallest absolute Gasteiger partial charge is 0.462 e. The number of hydrogen-bond donors (Lipinski definition) is 3. The summed E-state index contributed by atoms with van der Waals surface area (Å²) in [7, 11) is -9.97. The molecular weight excluding hydrogens is 1210 g/mol. The second-order valence-electron chi connectivity index (χ2n) is 22.7. The lowest BCUT2D eigenvalue weighted by molar-refractivity contribution is -0.161. The number of carbonyl (C=O) groups excluding carboxylic acids is 4. The zero-order valence-electron chi connectivity index (χ0n) is 56.9. The third-order valence-corrected chi connectivity index (χ3v) is 15.9. The van der Waals surface area contributed by atoms with Crippen molar-refractivity contribution in [3.05, 3.63) is 122 Å². The molecule has 5 atom stereocenters. The number of aliphatic hydroxyl groups excluding tert-OH is 1. The van der Waals surface area contributed by atoms with Gasteiger partial charge >= 0.3 is 39.5 Å². The number of hydrogen-bond acceptors (Lipinski definition) is 15. The van der Waals surface area contributed by atoms with Crippen LogP contribution in [-0.4, -0.2) is 96.7 Å². The Bertz CT molecular complexity index is 2230. The van der Waals surface area contributed by atoms with Gasteiger partial charge in [-0.3, -0.25) is 37.3 Å². The number of unbranched alkanes of at least 4 members (excludes halogenated alkanes) is 19. The quantitative estimate of drug-likeness (QED) is 0.0169. The Morgan fingerprint density at radius 3 is 1.03 bits per heavy atom. The molecule has 0 aliphatic carbocycles. The molecule has 17 nitrogen and oxygen atoms in total. The van der Waals surface area contributed by atoms with Crippen molar-refractivity contribution < 1.29 is 80.2 Å². The highest BCUT2D eigenvalue weighted by atomic mass is 31.2. The highest BCUT2D eigenvalue weighted by molar-refractivity contribution is 7.47. The van der Waals surface area contributed by atoms with Crippen molar-refractivity contribution in [3.8, 4) is 0 Å². The van der Waals surface area contributed by atoms with Gasteiger partial charge in [0.05, 0.1) is 32.8 Å². The van der Waals surface area contributed by atoms with Crippen molar-refractivity contribution in [2.24, 2.45) is 0 Å². The molecule has 0 fully saturated rings. The summed E-state index contributed by atoms with van der Waals surface area (Å²) in [6.07, 6.45) is 68.3. The van der Waals surface area contributed by atoms with Crippen LogP contribution in [0.1, 0.15) is 259 Å². The Kier molecular flexibility index (Phi) is 61.9. The van der Waals surface area contributed by atoms with Gasteiger partial charge in [0, 0.05) is 19.3 Å². The van der Waals surface area contributed by atoms with Gasteiger partial charge in [0.15, 0.2) is 12.2 Å². The lowest BCUT2D eigenvalue weighted by atomic mass is 10.1. The molecule has 0 radical (unpaired) electrons. The van der Waals surface area contributed by atoms with E-state index in [1.165, 1.54) is 51.4 Å². The van der Waals surface area contributed by atoms with Gasteiger partial charge < -0.3 is 33.8 Å². The number of aliphatic hydroxyl groups is 1. The number of carbonyl (C=O) groups is 4. The highest BCUT2D eigenvalue weighted by Gasteiger charge is 2.30. The second-order valence-corrected chi connectivity index (χ2v) is 25.6. The standard InChI is InChI=1S/C73H122O17P2/c1-5-9-13-17-21-25-29-31-33-35-39-41-45-49-53-57-70(75)83-63-68(89-72(77)59-55-51-47-43-37-27-23-19-15-11-7-3)65-87-91(79,80)85-61-67(74)62-86-92(81,82)88-66-69(90-73(78)60-56-52-48-44-38-28-24-20-16-12-8-4)64-84-71(76)58-54-50-46-42-40-36-34-32-30-26-22-18-14-10-6-2/h9-10,13-14,19,21-23,25-26,31-34,39-42,50,54,67-69,74H,5-8,11-12,15-18,20,24,27-30,35-38,43-49,51-53,55-66H2,1-4H3,(H,79,80)(H,81,82)/b13-9-,14-10-,23-19-,25-21-,26-22-,33-31-,34-32-,41-39-,42-40-,54-50-. The Labute approximate surface area is 555 Å². The maximum Gasteiger partial charge on any atom is 0.472 e. The zero-order chi connectivity index (χ0) is 67.5. The number of allylic oxidation sites excluding steroid dienone is 19. The average molecular weight is 1330 g/mol. The summed E-state index contributed by atoms with van der Waals surface area (Å²) in [5.74, 6) is -2.39. The van der Waals surface area contributed by atoms with Gasteiger partial charge in [0.25, 0.3) is 0 Å². The minimum Gasteiger partial charge on any atom is -0.462 e. The topological polar surface area (TPSA) is 237 Å². The van der Waals surface area contributed by atoms with Gasteiger partial charge in [-0.05, 0) is 109 Å². The van der Waals surface area contributed by atoms with Crippen LogP contribution < -0.4 is 0 Å². The third kappa shape index (κ3) is 64.2. The van der Waals surface area contributed by atoms with Crippen LogP contribution in [-0.2, 0) is 65.4 Å². The highest BCUT2D eigenvalue weighted by Crippen LogP contribution is 2.45. The van der Waals surface area contributed by atoms with Crippen molar-refractivity contribution in [2.45, 2.75) is 277 Å². The normalized spacial score (nSPS) is 14.8. The Morgan fingerprint density at radius 2 is 0.620 bits per heavy atom. The molecule has 5 unspecified atom stereocenters. The summed E-state index contributed by atoms with van der Waals surface area (Å²) < 4.78 is 68.0. The fraction of sp³-hybridized carbons (Fsp3) is 0.671. The zero-order valence-corrected chi connectivity index (χ0v) is 58.7. The van der Waals surface area contributed by atoms with E-state index in [0.29, 0.717) is 25.7 Å². The van der Waals surface area contributed by atoms with E-state index in [1.54, 1.807) is 6.08 Å². The Hall–Kier alpha value is -4.54. The van der Waals surface area contributed by atoms with Crippen LogP contribution in [0, 0.1) is 0 Å². The molecule has 0 aromatic rings. The summed E-state index contributed by atoms with van der Waals surface area (Å²) in [5, 5.41) is 10.6. The molecule has 0 aromatic heterocycles. The summed E-state index contributed by atoms with van der Waals surface area (Å²) in [6.45, 7) is 4.39. The third-order valence-electron chi connectivity index (χ3n) is 14.0. The predicted octanol–water partition coefficient (Wildman–Crippen LogP) is 19.2. The van der Waals surface area contributed by atoms with E-state index in [4.69, 9.17) is 37.0 Å². The molecule has 0 spiro atoms. The van der Waals surface area contributed by atoms with E-state index in [0.717, 1.165) is 128 Å². The van der Waals surface area contributed by atoms with Gasteiger partial charge in [-0.2, -0.15) is 0 Å².